The lowest BCUT2D eigenvalue weighted by atomic mass is 10.1. The minimum Gasteiger partial charge on any atom is -0.489 e. The van der Waals surface area contributed by atoms with Crippen LogP contribution in [0.15, 0.2) is 29.4 Å². The van der Waals surface area contributed by atoms with Crippen LogP contribution in [-0.4, -0.2) is 17.0 Å². The Labute approximate surface area is 92.7 Å². The summed E-state index contributed by atoms with van der Waals surface area (Å²) in [6.45, 7) is 0. The summed E-state index contributed by atoms with van der Waals surface area (Å²) in [6, 6.07) is 8.07. The van der Waals surface area contributed by atoms with E-state index in [0.29, 0.717) is 5.17 Å². The van der Waals surface area contributed by atoms with Crippen molar-refractivity contribution in [2.45, 2.75) is 12.5 Å². The monoisotopic (exact) mass is 223 g/mol. The number of thioether (sulfide) groups is 1. The third kappa shape index (κ3) is 2.36. The summed E-state index contributed by atoms with van der Waals surface area (Å²) in [5.74, 6) is 6.80. The molecule has 1 aliphatic rings. The zero-order valence-electron chi connectivity index (χ0n) is 8.22. The molecule has 1 aromatic rings. The molecule has 1 aliphatic heterocycles. The van der Waals surface area contributed by atoms with E-state index in [2.05, 4.69) is 11.2 Å². The van der Waals surface area contributed by atoms with E-state index in [1.54, 1.807) is 0 Å². The number of rotatable bonds is 2. The van der Waals surface area contributed by atoms with Crippen molar-refractivity contribution in [3.63, 3.8) is 0 Å². The van der Waals surface area contributed by atoms with Gasteiger partial charge in [-0.15, -0.1) is 0 Å². The first-order valence-electron chi connectivity index (χ1n) is 4.70. The quantitative estimate of drug-likeness (QED) is 0.338. The lowest BCUT2D eigenvalue weighted by Gasteiger charge is -2.08. The van der Waals surface area contributed by atoms with Gasteiger partial charge < -0.3 is 16.3 Å². The van der Waals surface area contributed by atoms with Crippen molar-refractivity contribution in [2.24, 2.45) is 16.7 Å². The Kier molecular flexibility index (Phi) is 3.01. The molecule has 0 aliphatic carbocycles. The maximum Gasteiger partial charge on any atom is 0.177 e. The molecule has 5 heteroatoms. The lowest BCUT2D eigenvalue weighted by Crippen LogP contribution is -2.20. The summed E-state index contributed by atoms with van der Waals surface area (Å²) in [5.41, 5.74) is 6.74. The van der Waals surface area contributed by atoms with Crippen molar-refractivity contribution in [3.05, 3.63) is 29.8 Å². The summed E-state index contributed by atoms with van der Waals surface area (Å²) in [4.78, 5) is 0. The van der Waals surface area contributed by atoms with Crippen LogP contribution in [0.25, 0.3) is 0 Å². The largest absolute Gasteiger partial charge is 0.489 e. The van der Waals surface area contributed by atoms with Crippen LogP contribution in [0.5, 0.6) is 5.75 Å². The van der Waals surface area contributed by atoms with Crippen molar-refractivity contribution >= 4 is 16.9 Å². The zero-order chi connectivity index (χ0) is 10.7. The minimum atomic E-state index is 0.174. The zero-order valence-corrected chi connectivity index (χ0v) is 9.04. The summed E-state index contributed by atoms with van der Waals surface area (Å²) in [5, 5.41) is 3.80. The summed E-state index contributed by atoms with van der Waals surface area (Å²) in [7, 11) is 0. The first kappa shape index (κ1) is 10.2. The van der Waals surface area contributed by atoms with Crippen LogP contribution in [0.4, 0.5) is 0 Å². The maximum absolute atomic E-state index is 5.73. The van der Waals surface area contributed by atoms with E-state index >= 15 is 0 Å². The molecule has 0 amide bonds. The molecule has 1 aromatic carbocycles. The molecule has 1 unspecified atom stereocenters. The molecule has 0 bridgehead atoms. The Morgan fingerprint density at radius 3 is 3.07 bits per heavy atom. The maximum atomic E-state index is 5.73. The Morgan fingerprint density at radius 2 is 2.33 bits per heavy atom. The molecule has 0 saturated carbocycles. The number of hydrogen-bond acceptors (Lipinski definition) is 4. The number of hydrogen-bond donors (Lipinski definition) is 2. The van der Waals surface area contributed by atoms with Gasteiger partial charge in [0.2, 0.25) is 0 Å². The first-order valence-corrected chi connectivity index (χ1v) is 5.69. The van der Waals surface area contributed by atoms with E-state index in [-0.39, 0.29) is 6.10 Å². The number of para-hydroxylation sites is 1. The molecule has 4 nitrogen and oxygen atoms in total. The molecule has 80 valence electrons. The Bertz CT molecular complexity index is 356. The average Bonchev–Trinajstić information content (AvgIpc) is 2.68. The topological polar surface area (TPSA) is 73.6 Å². The predicted octanol–water partition coefficient (Wildman–Crippen LogP) is 0.912. The number of hydrazone groups is 1. The van der Waals surface area contributed by atoms with Gasteiger partial charge in [-0.05, 0) is 11.6 Å². The number of nitrogens with two attached hydrogens (primary N) is 2. The van der Waals surface area contributed by atoms with Gasteiger partial charge in [0.15, 0.2) is 5.17 Å². The molecule has 1 atom stereocenters. The summed E-state index contributed by atoms with van der Waals surface area (Å²) < 4.78 is 5.73. The second-order valence-electron chi connectivity index (χ2n) is 3.33. The second-order valence-corrected chi connectivity index (χ2v) is 4.37. The van der Waals surface area contributed by atoms with Gasteiger partial charge in [-0.1, -0.05) is 30.0 Å². The SMILES string of the molecule is NN=C(N)SCC1Cc2ccccc2O1. The second kappa shape index (κ2) is 4.44. The molecule has 15 heavy (non-hydrogen) atoms. The average molecular weight is 223 g/mol. The Morgan fingerprint density at radius 1 is 1.53 bits per heavy atom. The van der Waals surface area contributed by atoms with Gasteiger partial charge in [0.25, 0.3) is 0 Å². The normalized spacial score (nSPS) is 19.7. The van der Waals surface area contributed by atoms with Gasteiger partial charge in [-0.3, -0.25) is 0 Å². The highest BCUT2D eigenvalue weighted by atomic mass is 32.2. The predicted molar refractivity (Wildman–Crippen MR) is 62.8 cm³/mol. The standard InChI is InChI=1S/C10H13N3OS/c11-10(13-12)15-6-8-5-7-3-1-2-4-9(7)14-8/h1-4,8H,5-6,12H2,(H2,11,13). The van der Waals surface area contributed by atoms with Crippen molar-refractivity contribution in [2.75, 3.05) is 5.75 Å². The highest BCUT2D eigenvalue weighted by Crippen LogP contribution is 2.29. The van der Waals surface area contributed by atoms with Crippen molar-refractivity contribution in [1.29, 1.82) is 0 Å². The highest BCUT2D eigenvalue weighted by Gasteiger charge is 2.22. The fourth-order valence-electron chi connectivity index (χ4n) is 1.56. The summed E-state index contributed by atoms with van der Waals surface area (Å²) in [6.07, 6.45) is 1.11. The smallest absolute Gasteiger partial charge is 0.177 e. The van der Waals surface area contributed by atoms with Crippen LogP contribution >= 0.6 is 11.8 Å². The number of amidine groups is 1. The number of ether oxygens (including phenoxy) is 1. The molecule has 2 rings (SSSR count). The van der Waals surface area contributed by atoms with Crippen LogP contribution < -0.4 is 16.3 Å². The van der Waals surface area contributed by atoms with Gasteiger partial charge in [-0.2, -0.15) is 5.10 Å². The van der Waals surface area contributed by atoms with E-state index in [4.69, 9.17) is 16.3 Å². The molecule has 0 fully saturated rings. The fourth-order valence-corrected chi connectivity index (χ4v) is 2.18. The molecule has 0 radical (unpaired) electrons. The van der Waals surface area contributed by atoms with E-state index in [9.17, 15) is 0 Å². The van der Waals surface area contributed by atoms with Gasteiger partial charge >= 0.3 is 0 Å². The molecular formula is C10H13N3OS. The van der Waals surface area contributed by atoms with Crippen LogP contribution in [0.2, 0.25) is 0 Å². The number of fused-ring (bicyclic) bond motifs is 1. The fraction of sp³-hybridized carbons (Fsp3) is 0.300. The van der Waals surface area contributed by atoms with Crippen LogP contribution in [0.1, 0.15) is 5.56 Å². The molecule has 0 aromatic heterocycles. The Balaban J connectivity index is 1.91. The van der Waals surface area contributed by atoms with Gasteiger partial charge in [0.1, 0.15) is 11.9 Å². The molecule has 0 saturated heterocycles. The Hall–Kier alpha value is -1.36. The van der Waals surface area contributed by atoms with E-state index < -0.39 is 0 Å². The van der Waals surface area contributed by atoms with Crippen molar-refractivity contribution in [1.82, 2.24) is 0 Å². The van der Waals surface area contributed by atoms with Gasteiger partial charge in [0.05, 0.1) is 0 Å². The van der Waals surface area contributed by atoms with Crippen LogP contribution in [-0.2, 0) is 6.42 Å². The number of nitrogens with zero attached hydrogens (tertiary/aromatic N) is 1. The summed E-state index contributed by atoms with van der Waals surface area (Å²) >= 11 is 1.42. The molecule has 4 N–H and O–H groups in total. The van der Waals surface area contributed by atoms with Gasteiger partial charge in [-0.25, -0.2) is 0 Å². The van der Waals surface area contributed by atoms with Gasteiger partial charge in [0, 0.05) is 12.2 Å². The van der Waals surface area contributed by atoms with E-state index in [1.807, 2.05) is 18.2 Å². The van der Waals surface area contributed by atoms with Crippen molar-refractivity contribution in [3.8, 4) is 5.75 Å². The third-order valence-electron chi connectivity index (χ3n) is 2.26. The first-order chi connectivity index (χ1) is 7.29. The lowest BCUT2D eigenvalue weighted by molar-refractivity contribution is 0.259. The number of benzene rings is 1. The molecule has 0 spiro atoms. The van der Waals surface area contributed by atoms with E-state index in [1.165, 1.54) is 17.3 Å². The minimum absolute atomic E-state index is 0.174. The molecule has 1 heterocycles. The molecular weight excluding hydrogens is 210 g/mol. The van der Waals surface area contributed by atoms with Crippen LogP contribution in [0.3, 0.4) is 0 Å². The van der Waals surface area contributed by atoms with E-state index in [0.717, 1.165) is 17.9 Å². The highest BCUT2D eigenvalue weighted by molar-refractivity contribution is 8.13. The third-order valence-corrected chi connectivity index (χ3v) is 3.20. The van der Waals surface area contributed by atoms with Crippen molar-refractivity contribution < 1.29 is 4.74 Å². The van der Waals surface area contributed by atoms with Crippen LogP contribution in [0, 0.1) is 0 Å².